The van der Waals surface area contributed by atoms with Crippen LogP contribution in [0.15, 0.2) is 57.2 Å². The van der Waals surface area contributed by atoms with Crippen LogP contribution in [0.1, 0.15) is 37.8 Å². The first kappa shape index (κ1) is 24.5. The summed E-state index contributed by atoms with van der Waals surface area (Å²) < 4.78 is 31.0. The summed E-state index contributed by atoms with van der Waals surface area (Å²) in [5.74, 6) is 0.872. The highest BCUT2D eigenvalue weighted by molar-refractivity contribution is 8.03. The van der Waals surface area contributed by atoms with E-state index in [0.29, 0.717) is 10.3 Å². The van der Waals surface area contributed by atoms with Crippen LogP contribution in [0, 0.1) is 0 Å². The third kappa shape index (κ3) is 7.18. The van der Waals surface area contributed by atoms with Crippen LogP contribution >= 0.6 is 34.9 Å². The Balaban J connectivity index is 1.53. The number of amides is 1. The summed E-state index contributed by atoms with van der Waals surface area (Å²) in [6.07, 6.45) is 0. The molecule has 0 aliphatic rings. The van der Waals surface area contributed by atoms with Crippen molar-refractivity contribution in [1.82, 2.24) is 10.2 Å². The van der Waals surface area contributed by atoms with Crippen molar-refractivity contribution in [2.45, 2.75) is 53.0 Å². The molecule has 1 atom stereocenters. The minimum atomic E-state index is -2.97. The van der Waals surface area contributed by atoms with Crippen molar-refractivity contribution < 1.29 is 18.3 Å². The quantitative estimate of drug-likeness (QED) is 0.317. The van der Waals surface area contributed by atoms with Gasteiger partial charge in [0.15, 0.2) is 8.68 Å². The molecule has 0 aliphatic carbocycles. The molecule has 0 spiro atoms. The number of carbonyl (C=O) groups excluding carboxylic acids is 1. The Morgan fingerprint density at radius 3 is 2.44 bits per heavy atom. The van der Waals surface area contributed by atoms with Crippen LogP contribution in [0.4, 0.5) is 14.5 Å². The second-order valence-corrected chi connectivity index (χ2v) is 10.9. The minimum Gasteiger partial charge on any atom is -0.433 e. The SMILES string of the molecule is CC(Sc1nnc(SCc2ccc(C(C)C)cc2)s1)C(=O)Nc1ccccc1OC(F)F. The highest BCUT2D eigenvalue weighted by Crippen LogP contribution is 2.34. The molecule has 1 unspecified atom stereocenters. The number of thioether (sulfide) groups is 2. The first-order valence-electron chi connectivity index (χ1n) is 9.88. The molecule has 5 nitrogen and oxygen atoms in total. The predicted molar refractivity (Wildman–Crippen MR) is 127 cm³/mol. The zero-order chi connectivity index (χ0) is 23.1. The molecular formula is C22H23F2N3O2S3. The van der Waals surface area contributed by atoms with E-state index in [9.17, 15) is 13.6 Å². The van der Waals surface area contributed by atoms with Gasteiger partial charge in [0, 0.05) is 5.75 Å². The van der Waals surface area contributed by atoms with Gasteiger partial charge in [0.05, 0.1) is 10.9 Å². The zero-order valence-electron chi connectivity index (χ0n) is 17.7. The van der Waals surface area contributed by atoms with Crippen LogP contribution in [-0.2, 0) is 10.5 Å². The Kier molecular flexibility index (Phi) is 8.89. The lowest BCUT2D eigenvalue weighted by molar-refractivity contribution is -0.115. The molecule has 1 aromatic heterocycles. The summed E-state index contributed by atoms with van der Waals surface area (Å²) in [5.41, 5.74) is 2.72. The molecule has 0 fully saturated rings. The van der Waals surface area contributed by atoms with Gasteiger partial charge in [-0.2, -0.15) is 8.78 Å². The van der Waals surface area contributed by atoms with Crippen LogP contribution in [0.25, 0.3) is 0 Å². The number of alkyl halides is 2. The molecule has 2 aromatic carbocycles. The van der Waals surface area contributed by atoms with Gasteiger partial charge in [0.2, 0.25) is 5.91 Å². The van der Waals surface area contributed by atoms with Gasteiger partial charge in [-0.05, 0) is 36.1 Å². The molecule has 3 aromatic rings. The molecule has 3 rings (SSSR count). The van der Waals surface area contributed by atoms with E-state index in [2.05, 4.69) is 58.4 Å². The molecule has 32 heavy (non-hydrogen) atoms. The summed E-state index contributed by atoms with van der Waals surface area (Å²) in [6.45, 7) is 3.09. The number of ether oxygens (including phenoxy) is 1. The van der Waals surface area contributed by atoms with Crippen LogP contribution in [-0.4, -0.2) is 28.0 Å². The van der Waals surface area contributed by atoms with Crippen molar-refractivity contribution in [3.63, 3.8) is 0 Å². The molecule has 0 bridgehead atoms. The molecule has 170 valence electrons. The highest BCUT2D eigenvalue weighted by Gasteiger charge is 2.19. The third-order valence-electron chi connectivity index (χ3n) is 4.40. The second-order valence-electron chi connectivity index (χ2n) is 7.14. The number of hydrogen-bond acceptors (Lipinski definition) is 7. The maximum atomic E-state index is 12.6. The number of aromatic nitrogens is 2. The van der Waals surface area contributed by atoms with Crippen LogP contribution in [0.2, 0.25) is 0 Å². The molecule has 0 saturated heterocycles. The monoisotopic (exact) mass is 495 g/mol. The Bertz CT molecular complexity index is 1030. The van der Waals surface area contributed by atoms with Crippen molar-refractivity contribution in [2.24, 2.45) is 0 Å². The Hall–Kier alpha value is -2.17. The number of hydrogen-bond donors (Lipinski definition) is 1. The van der Waals surface area contributed by atoms with Gasteiger partial charge < -0.3 is 10.1 Å². The van der Waals surface area contributed by atoms with Gasteiger partial charge in [0.25, 0.3) is 0 Å². The number of halogens is 2. The first-order valence-corrected chi connectivity index (χ1v) is 12.6. The zero-order valence-corrected chi connectivity index (χ0v) is 20.2. The number of anilines is 1. The second kappa shape index (κ2) is 11.6. The van der Waals surface area contributed by atoms with Crippen LogP contribution in [0.3, 0.4) is 0 Å². The Morgan fingerprint density at radius 1 is 1.06 bits per heavy atom. The van der Waals surface area contributed by atoms with Crippen molar-refractivity contribution in [1.29, 1.82) is 0 Å². The summed E-state index contributed by atoms with van der Waals surface area (Å²) >= 11 is 4.29. The lowest BCUT2D eigenvalue weighted by atomic mass is 10.0. The summed E-state index contributed by atoms with van der Waals surface area (Å²) in [4.78, 5) is 12.5. The Morgan fingerprint density at radius 2 is 1.75 bits per heavy atom. The molecule has 0 radical (unpaired) electrons. The van der Waals surface area contributed by atoms with Gasteiger partial charge in [-0.1, -0.05) is 85.1 Å². The van der Waals surface area contributed by atoms with Gasteiger partial charge in [-0.3, -0.25) is 4.79 Å². The minimum absolute atomic E-state index is 0.0796. The van der Waals surface area contributed by atoms with Crippen LogP contribution in [0.5, 0.6) is 5.75 Å². The summed E-state index contributed by atoms with van der Waals surface area (Å²) in [7, 11) is 0. The van der Waals surface area contributed by atoms with Crippen molar-refractivity contribution in [2.75, 3.05) is 5.32 Å². The topological polar surface area (TPSA) is 64.1 Å². The molecule has 0 aliphatic heterocycles. The fourth-order valence-electron chi connectivity index (χ4n) is 2.65. The normalized spacial score (nSPS) is 12.2. The maximum absolute atomic E-state index is 12.6. The fraction of sp³-hybridized carbons (Fsp3) is 0.318. The number of benzene rings is 2. The van der Waals surface area contributed by atoms with E-state index < -0.39 is 11.9 Å². The molecule has 0 saturated carbocycles. The number of nitrogens with one attached hydrogen (secondary N) is 1. The van der Waals surface area contributed by atoms with E-state index in [1.165, 1.54) is 46.4 Å². The average molecular weight is 496 g/mol. The highest BCUT2D eigenvalue weighted by atomic mass is 32.2. The van der Waals surface area contributed by atoms with E-state index in [4.69, 9.17) is 0 Å². The molecule has 10 heteroatoms. The van der Waals surface area contributed by atoms with E-state index in [1.807, 2.05) is 0 Å². The van der Waals surface area contributed by atoms with Crippen molar-refractivity contribution in [3.8, 4) is 5.75 Å². The molecule has 1 heterocycles. The molecule has 1 N–H and O–H groups in total. The van der Waals surface area contributed by atoms with E-state index in [-0.39, 0.29) is 17.3 Å². The van der Waals surface area contributed by atoms with E-state index in [1.54, 1.807) is 30.8 Å². The number of rotatable bonds is 10. The third-order valence-corrected chi connectivity index (χ3v) is 7.72. The number of nitrogens with zero attached hydrogens (tertiary/aromatic N) is 2. The largest absolute Gasteiger partial charge is 0.433 e. The molecular weight excluding hydrogens is 472 g/mol. The van der Waals surface area contributed by atoms with E-state index >= 15 is 0 Å². The lowest BCUT2D eigenvalue weighted by Gasteiger charge is -2.14. The maximum Gasteiger partial charge on any atom is 0.387 e. The smallest absolute Gasteiger partial charge is 0.387 e. The standard InChI is InChI=1S/C22H23F2N3O2S3/c1-13(2)16-10-8-15(9-11-16)12-30-21-26-27-22(32-21)31-14(3)19(28)25-17-6-4-5-7-18(17)29-20(23)24/h4-11,13-14,20H,12H2,1-3H3,(H,25,28). The van der Waals surface area contributed by atoms with Gasteiger partial charge in [-0.25, -0.2) is 0 Å². The van der Waals surface area contributed by atoms with Gasteiger partial charge in [-0.15, -0.1) is 10.2 Å². The van der Waals surface area contributed by atoms with E-state index in [0.717, 1.165) is 10.1 Å². The van der Waals surface area contributed by atoms with Gasteiger partial charge >= 0.3 is 6.61 Å². The fourth-order valence-corrected chi connectivity index (χ4v) is 5.77. The van der Waals surface area contributed by atoms with Gasteiger partial charge in [0.1, 0.15) is 5.75 Å². The molecule has 1 amide bonds. The first-order chi connectivity index (χ1) is 15.3. The van der Waals surface area contributed by atoms with Crippen molar-refractivity contribution in [3.05, 3.63) is 59.7 Å². The number of carbonyl (C=O) groups is 1. The van der Waals surface area contributed by atoms with Crippen LogP contribution < -0.4 is 10.1 Å². The summed E-state index contributed by atoms with van der Waals surface area (Å²) in [6, 6.07) is 14.6. The average Bonchev–Trinajstić information content (AvgIpc) is 3.20. The van der Waals surface area contributed by atoms with Crippen molar-refractivity contribution >= 4 is 46.5 Å². The number of para-hydroxylation sites is 2. The lowest BCUT2D eigenvalue weighted by Crippen LogP contribution is -2.23. The summed E-state index contributed by atoms with van der Waals surface area (Å²) in [5, 5.41) is 10.5. The predicted octanol–water partition coefficient (Wildman–Crippen LogP) is 6.67. The Labute approximate surface area is 198 Å².